The number of anilines is 1. The monoisotopic (exact) mass is 310 g/mol. The van der Waals surface area contributed by atoms with Crippen molar-refractivity contribution in [1.82, 2.24) is 5.32 Å². The van der Waals surface area contributed by atoms with E-state index < -0.39 is 0 Å². The highest BCUT2D eigenvalue weighted by molar-refractivity contribution is 6.32. The topological polar surface area (TPSA) is 24.5 Å². The standard InChI is InChI=1S/C17H27ClN2O/c1-6-12-10-19-16(17(2,3)4)11-20(12)13-7-8-14(18)15(9-13)21-5/h7-9,12,16,19H,6,10-11H2,1-5H3. The normalized spacial score (nSPS) is 23.2. The minimum atomic E-state index is 0.244. The molecule has 1 aromatic rings. The molecule has 1 saturated heterocycles. The summed E-state index contributed by atoms with van der Waals surface area (Å²) in [6.45, 7) is 11.1. The highest BCUT2D eigenvalue weighted by Gasteiger charge is 2.33. The molecule has 3 nitrogen and oxygen atoms in total. The molecule has 0 aliphatic carbocycles. The van der Waals surface area contributed by atoms with Crippen LogP contribution >= 0.6 is 11.6 Å². The predicted molar refractivity (Wildman–Crippen MR) is 90.7 cm³/mol. The minimum Gasteiger partial charge on any atom is -0.495 e. The van der Waals surface area contributed by atoms with Crippen LogP contribution in [-0.4, -0.2) is 32.3 Å². The van der Waals surface area contributed by atoms with Crippen molar-refractivity contribution in [3.05, 3.63) is 23.2 Å². The molecule has 2 atom stereocenters. The van der Waals surface area contributed by atoms with Crippen LogP contribution in [0, 0.1) is 5.41 Å². The maximum Gasteiger partial charge on any atom is 0.139 e. The molecule has 0 spiro atoms. The van der Waals surface area contributed by atoms with E-state index in [1.165, 1.54) is 5.69 Å². The van der Waals surface area contributed by atoms with Gasteiger partial charge in [-0.15, -0.1) is 0 Å². The smallest absolute Gasteiger partial charge is 0.139 e. The van der Waals surface area contributed by atoms with E-state index in [0.717, 1.165) is 25.3 Å². The average Bonchev–Trinajstić information content (AvgIpc) is 2.46. The van der Waals surface area contributed by atoms with E-state index in [1.807, 2.05) is 6.07 Å². The number of hydrogen-bond donors (Lipinski definition) is 1. The minimum absolute atomic E-state index is 0.244. The summed E-state index contributed by atoms with van der Waals surface area (Å²) in [5, 5.41) is 4.36. The van der Waals surface area contributed by atoms with Crippen LogP contribution in [0.3, 0.4) is 0 Å². The maximum atomic E-state index is 6.15. The van der Waals surface area contributed by atoms with Crippen molar-refractivity contribution in [2.24, 2.45) is 5.41 Å². The number of rotatable bonds is 3. The van der Waals surface area contributed by atoms with Gasteiger partial charge in [0, 0.05) is 36.9 Å². The van der Waals surface area contributed by atoms with E-state index >= 15 is 0 Å². The van der Waals surface area contributed by atoms with Crippen molar-refractivity contribution in [3.63, 3.8) is 0 Å². The number of nitrogens with zero attached hydrogens (tertiary/aromatic N) is 1. The van der Waals surface area contributed by atoms with E-state index in [1.54, 1.807) is 7.11 Å². The first-order valence-electron chi connectivity index (χ1n) is 7.70. The molecular formula is C17H27ClN2O. The van der Waals surface area contributed by atoms with Crippen LogP contribution in [0.5, 0.6) is 5.75 Å². The van der Waals surface area contributed by atoms with Crippen molar-refractivity contribution in [2.45, 2.75) is 46.2 Å². The molecule has 0 radical (unpaired) electrons. The lowest BCUT2D eigenvalue weighted by Crippen LogP contribution is -2.60. The molecule has 2 unspecified atom stereocenters. The van der Waals surface area contributed by atoms with Gasteiger partial charge in [0.25, 0.3) is 0 Å². The fourth-order valence-corrected chi connectivity index (χ4v) is 3.08. The van der Waals surface area contributed by atoms with Crippen LogP contribution in [-0.2, 0) is 0 Å². The first-order valence-corrected chi connectivity index (χ1v) is 8.08. The maximum absolute atomic E-state index is 6.15. The molecule has 1 heterocycles. The molecule has 1 aliphatic rings. The Morgan fingerprint density at radius 3 is 2.67 bits per heavy atom. The number of piperazine rings is 1. The molecule has 0 amide bonds. The Hall–Kier alpha value is -0.930. The third kappa shape index (κ3) is 3.64. The molecule has 1 aliphatic heterocycles. The number of methoxy groups -OCH3 is 1. The van der Waals surface area contributed by atoms with E-state index in [2.05, 4.69) is 50.0 Å². The van der Waals surface area contributed by atoms with E-state index in [-0.39, 0.29) is 5.41 Å². The summed E-state index contributed by atoms with van der Waals surface area (Å²) in [7, 11) is 1.66. The second-order valence-corrected chi connectivity index (χ2v) is 7.27. The Morgan fingerprint density at radius 2 is 2.10 bits per heavy atom. The van der Waals surface area contributed by atoms with Gasteiger partial charge in [-0.3, -0.25) is 0 Å². The predicted octanol–water partition coefficient (Wildman–Crippen LogP) is 3.95. The Balaban J connectivity index is 2.29. The molecule has 1 N–H and O–H groups in total. The Bertz CT molecular complexity index is 484. The van der Waals surface area contributed by atoms with Crippen molar-refractivity contribution < 1.29 is 4.74 Å². The van der Waals surface area contributed by atoms with E-state index in [9.17, 15) is 0 Å². The number of halogens is 1. The van der Waals surface area contributed by atoms with E-state index in [4.69, 9.17) is 16.3 Å². The summed E-state index contributed by atoms with van der Waals surface area (Å²) in [6, 6.07) is 7.06. The van der Waals surface area contributed by atoms with Gasteiger partial charge in [0.1, 0.15) is 5.75 Å². The zero-order chi connectivity index (χ0) is 15.6. The summed E-state index contributed by atoms with van der Waals surface area (Å²) in [6.07, 6.45) is 1.12. The van der Waals surface area contributed by atoms with Crippen molar-refractivity contribution >= 4 is 17.3 Å². The van der Waals surface area contributed by atoms with Gasteiger partial charge in [0.15, 0.2) is 0 Å². The van der Waals surface area contributed by atoms with Crippen molar-refractivity contribution in [1.29, 1.82) is 0 Å². The zero-order valence-corrected chi connectivity index (χ0v) is 14.5. The first kappa shape index (κ1) is 16.4. The second kappa shape index (κ2) is 6.45. The van der Waals surface area contributed by atoms with Crippen LogP contribution < -0.4 is 15.0 Å². The van der Waals surface area contributed by atoms with Gasteiger partial charge in [0.2, 0.25) is 0 Å². The van der Waals surface area contributed by atoms with Crippen LogP contribution in [0.4, 0.5) is 5.69 Å². The number of hydrogen-bond acceptors (Lipinski definition) is 3. The van der Waals surface area contributed by atoms with Crippen LogP contribution in [0.1, 0.15) is 34.1 Å². The third-order valence-electron chi connectivity index (χ3n) is 4.40. The van der Waals surface area contributed by atoms with Crippen LogP contribution in [0.2, 0.25) is 5.02 Å². The second-order valence-electron chi connectivity index (χ2n) is 6.86. The lowest BCUT2D eigenvalue weighted by Gasteiger charge is -2.46. The highest BCUT2D eigenvalue weighted by atomic mass is 35.5. The summed E-state index contributed by atoms with van der Waals surface area (Å²) in [5.41, 5.74) is 1.44. The molecule has 4 heteroatoms. The molecule has 2 rings (SSSR count). The zero-order valence-electron chi connectivity index (χ0n) is 13.7. The SMILES string of the molecule is CCC1CNC(C(C)(C)C)CN1c1ccc(Cl)c(OC)c1. The van der Waals surface area contributed by atoms with Gasteiger partial charge < -0.3 is 15.0 Å². The molecule has 0 bridgehead atoms. The molecule has 1 fully saturated rings. The summed E-state index contributed by atoms with van der Waals surface area (Å²) >= 11 is 6.15. The Morgan fingerprint density at radius 1 is 1.38 bits per heavy atom. The quantitative estimate of drug-likeness (QED) is 0.915. The molecule has 0 saturated carbocycles. The van der Waals surface area contributed by atoms with Gasteiger partial charge in [-0.2, -0.15) is 0 Å². The molecule has 118 valence electrons. The Labute approximate surface area is 133 Å². The lowest BCUT2D eigenvalue weighted by atomic mass is 9.84. The number of ether oxygens (including phenoxy) is 1. The summed E-state index contributed by atoms with van der Waals surface area (Å²) < 4.78 is 5.37. The average molecular weight is 311 g/mol. The molecule has 0 aromatic heterocycles. The Kier molecular flexibility index (Phi) is 5.05. The number of nitrogens with one attached hydrogen (secondary N) is 1. The summed E-state index contributed by atoms with van der Waals surface area (Å²) in [4.78, 5) is 2.49. The fraction of sp³-hybridized carbons (Fsp3) is 0.647. The fourth-order valence-electron chi connectivity index (χ4n) is 2.89. The van der Waals surface area contributed by atoms with Gasteiger partial charge in [0.05, 0.1) is 12.1 Å². The first-order chi connectivity index (χ1) is 9.86. The van der Waals surface area contributed by atoms with Crippen molar-refractivity contribution in [2.75, 3.05) is 25.1 Å². The largest absolute Gasteiger partial charge is 0.495 e. The van der Waals surface area contributed by atoms with Crippen LogP contribution in [0.25, 0.3) is 0 Å². The van der Waals surface area contributed by atoms with Gasteiger partial charge in [-0.25, -0.2) is 0 Å². The van der Waals surface area contributed by atoms with Gasteiger partial charge >= 0.3 is 0 Å². The van der Waals surface area contributed by atoms with Gasteiger partial charge in [-0.05, 0) is 24.0 Å². The molecular weight excluding hydrogens is 284 g/mol. The van der Waals surface area contributed by atoms with Gasteiger partial charge in [-0.1, -0.05) is 39.3 Å². The third-order valence-corrected chi connectivity index (χ3v) is 4.72. The van der Waals surface area contributed by atoms with E-state index in [0.29, 0.717) is 17.1 Å². The summed E-state index contributed by atoms with van der Waals surface area (Å²) in [5.74, 6) is 0.745. The lowest BCUT2D eigenvalue weighted by molar-refractivity contribution is 0.233. The number of benzene rings is 1. The molecule has 21 heavy (non-hydrogen) atoms. The van der Waals surface area contributed by atoms with Crippen molar-refractivity contribution in [3.8, 4) is 5.75 Å². The molecule has 1 aromatic carbocycles. The van der Waals surface area contributed by atoms with Crippen LogP contribution in [0.15, 0.2) is 18.2 Å². The highest BCUT2D eigenvalue weighted by Crippen LogP contribution is 2.33.